The van der Waals surface area contributed by atoms with Gasteiger partial charge in [-0.05, 0) is 654 Å². The van der Waals surface area contributed by atoms with E-state index in [1.54, 1.807) is 0 Å². The minimum atomic E-state index is 1.15. The summed E-state index contributed by atoms with van der Waals surface area (Å²) in [5.74, 6) is 0. The van der Waals surface area contributed by atoms with Crippen molar-refractivity contribution in [3.63, 3.8) is 0 Å². The molecule has 0 bridgehead atoms. The van der Waals surface area contributed by atoms with E-state index in [2.05, 4.69) is 413 Å². The maximum atomic E-state index is 4.80. The fourth-order valence-corrected chi connectivity index (χ4v) is 21.8. The molecule has 136 heavy (non-hydrogen) atoms. The standard InChI is InChI=1S/8C16H21N/c3*1-8-9(2)13(6)16-15(11(8)4)12(5)10(3)14(7)17-16;5*1-8-9(2)11(4)16-14(7)17-13(6)12(5)15(16)10(8)3/h8*1-7H3. The molecule has 0 unspecified atom stereocenters. The first-order valence-corrected chi connectivity index (χ1v) is 49.6. The Morgan fingerprint density at radius 3 is 0.294 bits per heavy atom. The predicted molar refractivity (Wildman–Crippen MR) is 599 cm³/mol. The van der Waals surface area contributed by atoms with Crippen molar-refractivity contribution in [1.82, 2.24) is 39.9 Å². The number of benzene rings is 8. The van der Waals surface area contributed by atoms with Crippen molar-refractivity contribution in [1.29, 1.82) is 0 Å². The summed E-state index contributed by atoms with van der Waals surface area (Å²) < 4.78 is 0. The van der Waals surface area contributed by atoms with E-state index in [0.717, 1.165) is 74.0 Å². The highest BCUT2D eigenvalue weighted by Gasteiger charge is 2.24. The second kappa shape index (κ2) is 41.4. The van der Waals surface area contributed by atoms with Crippen molar-refractivity contribution in [3.8, 4) is 0 Å². The SMILES string of the molecule is Cc1nc(C)c2c(C)c(C)c(C)c(C)c2c1C.Cc1nc(C)c2c(C)c(C)c(C)c(C)c2c1C.Cc1nc(C)c2c(C)c(C)c(C)c(C)c2c1C.Cc1nc(C)c2c(C)c(C)c(C)c(C)c2c1C.Cc1nc(C)c2c(C)c(C)c(C)c(C)c2c1C.Cc1nc2c(C)c(C)c(C)c(C)c2c(C)c1C.Cc1nc2c(C)c(C)c(C)c(C)c2c(C)c1C.Cc1nc2c(C)c(C)c(C)c(C)c2c(C)c1C. The third kappa shape index (κ3) is 19.2. The molecule has 0 saturated carbocycles. The van der Waals surface area contributed by atoms with Crippen LogP contribution in [-0.4, -0.2) is 39.9 Å². The molecule has 8 aromatic carbocycles. The summed E-state index contributed by atoms with van der Waals surface area (Å²) >= 11 is 0. The summed E-state index contributed by atoms with van der Waals surface area (Å²) in [4.78, 5) is 37.8. The van der Waals surface area contributed by atoms with Crippen LogP contribution in [0.15, 0.2) is 0 Å². The van der Waals surface area contributed by atoms with Crippen LogP contribution in [0.1, 0.15) is 313 Å². The van der Waals surface area contributed by atoms with Gasteiger partial charge in [-0.15, -0.1) is 0 Å². The zero-order valence-corrected chi connectivity index (χ0v) is 95.6. The molecule has 16 aromatic rings. The van der Waals surface area contributed by atoms with Crippen LogP contribution in [0.25, 0.3) is 86.6 Å². The molecular formula is C128H168N8. The smallest absolute Gasteiger partial charge is 0.0742 e. The second-order valence-corrected chi connectivity index (χ2v) is 41.3. The van der Waals surface area contributed by atoms with Crippen LogP contribution in [0.5, 0.6) is 0 Å². The van der Waals surface area contributed by atoms with Gasteiger partial charge in [0.2, 0.25) is 0 Å². The van der Waals surface area contributed by atoms with Gasteiger partial charge in [0.25, 0.3) is 0 Å². The monoisotopic (exact) mass is 1820 g/mol. The molecule has 0 saturated heterocycles. The first-order valence-electron chi connectivity index (χ1n) is 49.6. The Labute approximate surface area is 822 Å². The van der Waals surface area contributed by atoms with E-state index < -0.39 is 0 Å². The normalized spacial score (nSPS) is 11.2. The molecule has 8 aromatic heterocycles. The third-order valence-electron chi connectivity index (χ3n) is 34.8. The number of hydrogen-bond donors (Lipinski definition) is 0. The highest BCUT2D eigenvalue weighted by atomic mass is 14.8. The van der Waals surface area contributed by atoms with Crippen molar-refractivity contribution >= 4 is 86.6 Å². The number of aryl methyl sites for hydroxylation is 37. The lowest BCUT2D eigenvalue weighted by molar-refractivity contribution is 1.10. The Morgan fingerprint density at radius 1 is 0.0662 bits per heavy atom. The minimum absolute atomic E-state index is 1.15. The highest BCUT2D eigenvalue weighted by Crippen LogP contribution is 2.43. The summed E-state index contributed by atoms with van der Waals surface area (Å²) in [6, 6.07) is 0. The molecule has 8 heterocycles. The highest BCUT2D eigenvalue weighted by molar-refractivity contribution is 6.01. The lowest BCUT2D eigenvalue weighted by Gasteiger charge is -2.18. The first kappa shape index (κ1) is 109. The van der Waals surface area contributed by atoms with E-state index in [4.69, 9.17) is 15.0 Å². The molecule has 720 valence electrons. The van der Waals surface area contributed by atoms with E-state index >= 15 is 0 Å². The number of rotatable bonds is 0. The minimum Gasteiger partial charge on any atom is -0.258 e. The lowest BCUT2D eigenvalue weighted by atomic mass is 9.89. The molecule has 16 rings (SSSR count). The van der Waals surface area contributed by atoms with Crippen LogP contribution < -0.4 is 0 Å². The maximum absolute atomic E-state index is 4.80. The van der Waals surface area contributed by atoms with Crippen molar-refractivity contribution in [2.24, 2.45) is 0 Å². The lowest BCUT2D eigenvalue weighted by Crippen LogP contribution is -2.01. The number of nitrogens with zero attached hydrogens (tertiary/aromatic N) is 8. The van der Waals surface area contributed by atoms with Gasteiger partial charge in [0.05, 0.1) is 16.6 Å². The molecule has 0 atom stereocenters. The molecule has 0 fully saturated rings. The Morgan fingerprint density at radius 2 is 0.162 bits per heavy atom. The van der Waals surface area contributed by atoms with Gasteiger partial charge in [0.15, 0.2) is 0 Å². The average Bonchev–Trinajstić information content (AvgIpc) is 0.759. The van der Waals surface area contributed by atoms with E-state index in [1.807, 2.05) is 0 Å². The fraction of sp³-hybridized carbons (Fsp3) is 0.438. The van der Waals surface area contributed by atoms with E-state index in [9.17, 15) is 0 Å². The largest absolute Gasteiger partial charge is 0.258 e. The van der Waals surface area contributed by atoms with Crippen LogP contribution in [0.3, 0.4) is 0 Å². The Kier molecular flexibility index (Phi) is 33.1. The van der Waals surface area contributed by atoms with Gasteiger partial charge in [-0.3, -0.25) is 39.9 Å². The van der Waals surface area contributed by atoms with Crippen LogP contribution in [0.2, 0.25) is 0 Å². The van der Waals surface area contributed by atoms with Gasteiger partial charge in [0.1, 0.15) is 0 Å². The van der Waals surface area contributed by atoms with Crippen molar-refractivity contribution in [2.75, 3.05) is 0 Å². The molecule has 8 nitrogen and oxygen atoms in total. The fourth-order valence-electron chi connectivity index (χ4n) is 21.8. The van der Waals surface area contributed by atoms with Gasteiger partial charge in [-0.1, -0.05) is 0 Å². The Bertz CT molecular complexity index is 6680. The van der Waals surface area contributed by atoms with Gasteiger partial charge < -0.3 is 0 Å². The van der Waals surface area contributed by atoms with Gasteiger partial charge >= 0.3 is 0 Å². The molecule has 0 spiro atoms. The average molecular weight is 1820 g/mol. The van der Waals surface area contributed by atoms with Crippen LogP contribution in [0, 0.1) is 388 Å². The third-order valence-corrected chi connectivity index (χ3v) is 34.8. The first-order chi connectivity index (χ1) is 62.9. The molecule has 0 amide bonds. The zero-order chi connectivity index (χ0) is 103. The molecule has 0 aliphatic heterocycles. The summed E-state index contributed by atoms with van der Waals surface area (Å²) in [6.07, 6.45) is 0. The molecule has 0 aliphatic rings. The molecule has 0 N–H and O–H groups in total. The topological polar surface area (TPSA) is 103 Å². The van der Waals surface area contributed by atoms with Crippen LogP contribution in [0.4, 0.5) is 0 Å². The molecule has 0 aliphatic carbocycles. The summed E-state index contributed by atoms with van der Waals surface area (Å²) in [6.45, 7) is 122. The van der Waals surface area contributed by atoms with E-state index in [-0.39, 0.29) is 0 Å². The quantitative estimate of drug-likeness (QED) is 0.148. The maximum Gasteiger partial charge on any atom is 0.0742 e. The van der Waals surface area contributed by atoms with Gasteiger partial charge in [0, 0.05) is 117 Å². The summed E-state index contributed by atoms with van der Waals surface area (Å²) in [7, 11) is 0. The second-order valence-electron chi connectivity index (χ2n) is 41.3. The summed E-state index contributed by atoms with van der Waals surface area (Å²) in [5, 5.41) is 17.9. The van der Waals surface area contributed by atoms with Crippen LogP contribution >= 0.6 is 0 Å². The van der Waals surface area contributed by atoms with Gasteiger partial charge in [-0.2, -0.15) is 0 Å². The number of aromatic nitrogens is 8. The summed E-state index contributed by atoms with van der Waals surface area (Å²) in [5.41, 5.74) is 78.0. The van der Waals surface area contributed by atoms with Crippen molar-refractivity contribution in [3.05, 3.63) is 313 Å². The van der Waals surface area contributed by atoms with Crippen molar-refractivity contribution < 1.29 is 0 Å². The number of fused-ring (bicyclic) bond motifs is 8. The molecule has 8 heteroatoms. The number of pyridine rings is 8. The van der Waals surface area contributed by atoms with Gasteiger partial charge in [-0.25, -0.2) is 0 Å². The Hall–Kier alpha value is -11.0. The Balaban J connectivity index is 0.000000174. The van der Waals surface area contributed by atoms with E-state index in [0.29, 0.717) is 0 Å². The zero-order valence-electron chi connectivity index (χ0n) is 95.6. The molecule has 0 radical (unpaired) electrons. The van der Waals surface area contributed by atoms with Crippen LogP contribution in [-0.2, 0) is 0 Å². The molecular weight excluding hydrogens is 1650 g/mol. The predicted octanol–water partition coefficient (Wildman–Crippen LogP) is 35.1. The number of hydrogen-bond acceptors (Lipinski definition) is 8. The van der Waals surface area contributed by atoms with E-state index in [1.165, 1.54) is 326 Å². The van der Waals surface area contributed by atoms with Crippen molar-refractivity contribution in [2.45, 2.75) is 388 Å².